The summed E-state index contributed by atoms with van der Waals surface area (Å²) in [6.45, 7) is 3.94. The maximum atomic E-state index is 11.3. The average molecular weight is 272 g/mol. The Labute approximate surface area is 108 Å². The molecule has 0 spiro atoms. The maximum Gasteiger partial charge on any atom is 0.238 e. The second-order valence-electron chi connectivity index (χ2n) is 4.29. The summed E-state index contributed by atoms with van der Waals surface area (Å²) in [5, 5.41) is 17.4. The van der Waals surface area contributed by atoms with Crippen molar-refractivity contribution in [3.63, 3.8) is 0 Å². The molecule has 1 unspecified atom stereocenters. The minimum Gasteiger partial charge on any atom is -0.395 e. The molecule has 102 valence electrons. The molecule has 18 heavy (non-hydrogen) atoms. The number of rotatable bonds is 6. The monoisotopic (exact) mass is 272 g/mol. The van der Waals surface area contributed by atoms with Crippen LogP contribution in [-0.4, -0.2) is 26.2 Å². The Morgan fingerprint density at radius 1 is 1.44 bits per heavy atom. The van der Waals surface area contributed by atoms with E-state index in [9.17, 15) is 8.42 Å². The van der Waals surface area contributed by atoms with Gasteiger partial charge in [-0.05, 0) is 31.0 Å². The Morgan fingerprint density at radius 2 is 2.11 bits per heavy atom. The van der Waals surface area contributed by atoms with Crippen LogP contribution < -0.4 is 10.5 Å². The van der Waals surface area contributed by atoms with Crippen molar-refractivity contribution < 1.29 is 13.5 Å². The quantitative estimate of drug-likeness (QED) is 0.712. The van der Waals surface area contributed by atoms with Gasteiger partial charge in [0.2, 0.25) is 10.0 Å². The molecule has 2 atom stereocenters. The third-order valence-electron chi connectivity index (χ3n) is 2.89. The van der Waals surface area contributed by atoms with Crippen molar-refractivity contribution in [2.24, 2.45) is 5.14 Å². The Balaban J connectivity index is 2.90. The van der Waals surface area contributed by atoms with Gasteiger partial charge in [-0.15, -0.1) is 0 Å². The number of hydrogen-bond acceptors (Lipinski definition) is 4. The molecule has 0 aliphatic rings. The summed E-state index contributed by atoms with van der Waals surface area (Å²) in [4.78, 5) is 0.102. The standard InChI is InChI=1S/C12H20N2O3S/c1-3-11(8-15)14-9(2)10-5-4-6-12(7-10)18(13,16)17/h4-7,9,11,14-15H,3,8H2,1-2H3,(H2,13,16,17)/t9?,11-/m1/s1. The molecule has 1 rings (SSSR count). The fraction of sp³-hybridized carbons (Fsp3) is 0.500. The topological polar surface area (TPSA) is 92.4 Å². The largest absolute Gasteiger partial charge is 0.395 e. The Kier molecular flexibility index (Phi) is 5.28. The first-order valence-electron chi connectivity index (χ1n) is 5.88. The number of primary sulfonamides is 1. The first kappa shape index (κ1) is 15.1. The van der Waals surface area contributed by atoms with Gasteiger partial charge in [0.25, 0.3) is 0 Å². The lowest BCUT2D eigenvalue weighted by Gasteiger charge is -2.21. The van der Waals surface area contributed by atoms with Gasteiger partial charge in [0.15, 0.2) is 0 Å². The Hall–Kier alpha value is -0.950. The van der Waals surface area contributed by atoms with Crippen molar-refractivity contribution >= 4 is 10.0 Å². The molecule has 5 nitrogen and oxygen atoms in total. The first-order valence-corrected chi connectivity index (χ1v) is 7.42. The van der Waals surface area contributed by atoms with E-state index in [0.717, 1.165) is 12.0 Å². The lowest BCUT2D eigenvalue weighted by molar-refractivity contribution is 0.230. The van der Waals surface area contributed by atoms with E-state index in [1.54, 1.807) is 12.1 Å². The van der Waals surface area contributed by atoms with E-state index in [1.165, 1.54) is 6.07 Å². The van der Waals surface area contributed by atoms with Gasteiger partial charge in [-0.1, -0.05) is 19.1 Å². The number of aliphatic hydroxyl groups is 1. The second-order valence-corrected chi connectivity index (χ2v) is 5.86. The third kappa shape index (κ3) is 4.06. The molecule has 0 radical (unpaired) electrons. The summed E-state index contributed by atoms with van der Waals surface area (Å²) in [6.07, 6.45) is 0.801. The van der Waals surface area contributed by atoms with E-state index in [4.69, 9.17) is 10.2 Å². The van der Waals surface area contributed by atoms with Crippen LogP contribution in [0.4, 0.5) is 0 Å². The zero-order valence-electron chi connectivity index (χ0n) is 10.6. The second kappa shape index (κ2) is 6.29. The van der Waals surface area contributed by atoms with Crippen molar-refractivity contribution in [3.05, 3.63) is 29.8 Å². The minimum atomic E-state index is -3.68. The molecule has 0 saturated carbocycles. The van der Waals surface area contributed by atoms with Crippen LogP contribution in [0.3, 0.4) is 0 Å². The molecule has 0 heterocycles. The van der Waals surface area contributed by atoms with Crippen molar-refractivity contribution in [2.45, 2.75) is 37.2 Å². The predicted molar refractivity (Wildman–Crippen MR) is 70.5 cm³/mol. The minimum absolute atomic E-state index is 0.00172. The average Bonchev–Trinajstić information content (AvgIpc) is 2.34. The maximum absolute atomic E-state index is 11.3. The number of hydrogen-bond donors (Lipinski definition) is 3. The van der Waals surface area contributed by atoms with Crippen LogP contribution >= 0.6 is 0 Å². The SMILES string of the molecule is CC[C@H](CO)NC(C)c1cccc(S(N)(=O)=O)c1. The fourth-order valence-corrected chi connectivity index (χ4v) is 2.28. The highest BCUT2D eigenvalue weighted by Gasteiger charge is 2.14. The lowest BCUT2D eigenvalue weighted by Crippen LogP contribution is -2.34. The molecular formula is C12H20N2O3S. The highest BCUT2D eigenvalue weighted by Crippen LogP contribution is 2.17. The van der Waals surface area contributed by atoms with Crippen LogP contribution in [0.2, 0.25) is 0 Å². The zero-order chi connectivity index (χ0) is 13.8. The molecule has 1 aromatic rings. The summed E-state index contributed by atoms with van der Waals surface area (Å²) in [7, 11) is -3.68. The molecule has 0 aliphatic heterocycles. The number of sulfonamides is 1. The number of nitrogens with one attached hydrogen (secondary N) is 1. The molecule has 6 heteroatoms. The van der Waals surface area contributed by atoms with Crippen LogP contribution in [0.25, 0.3) is 0 Å². The summed E-state index contributed by atoms with van der Waals surface area (Å²) in [6, 6.07) is 6.46. The summed E-state index contributed by atoms with van der Waals surface area (Å²) in [5.74, 6) is 0. The lowest BCUT2D eigenvalue weighted by atomic mass is 10.1. The van der Waals surface area contributed by atoms with E-state index in [0.29, 0.717) is 0 Å². The van der Waals surface area contributed by atoms with E-state index in [1.807, 2.05) is 19.9 Å². The van der Waals surface area contributed by atoms with Crippen molar-refractivity contribution in [2.75, 3.05) is 6.61 Å². The van der Waals surface area contributed by atoms with Crippen molar-refractivity contribution in [1.82, 2.24) is 5.32 Å². The first-order chi connectivity index (χ1) is 8.38. The predicted octanol–water partition coefficient (Wildman–Crippen LogP) is 0.755. The molecule has 0 saturated heterocycles. The van der Waals surface area contributed by atoms with Crippen molar-refractivity contribution in [3.8, 4) is 0 Å². The van der Waals surface area contributed by atoms with E-state index >= 15 is 0 Å². The smallest absolute Gasteiger partial charge is 0.238 e. The number of benzene rings is 1. The summed E-state index contributed by atoms with van der Waals surface area (Å²) < 4.78 is 22.5. The van der Waals surface area contributed by atoms with Crippen molar-refractivity contribution in [1.29, 1.82) is 0 Å². The van der Waals surface area contributed by atoms with Crippen LogP contribution in [-0.2, 0) is 10.0 Å². The van der Waals surface area contributed by atoms with E-state index in [2.05, 4.69) is 5.32 Å². The molecular weight excluding hydrogens is 252 g/mol. The third-order valence-corrected chi connectivity index (χ3v) is 3.80. The highest BCUT2D eigenvalue weighted by atomic mass is 32.2. The fourth-order valence-electron chi connectivity index (χ4n) is 1.71. The van der Waals surface area contributed by atoms with Crippen LogP contribution in [0.1, 0.15) is 31.9 Å². The van der Waals surface area contributed by atoms with Gasteiger partial charge in [-0.2, -0.15) is 0 Å². The van der Waals surface area contributed by atoms with Gasteiger partial charge in [-0.25, -0.2) is 13.6 Å². The molecule has 4 N–H and O–H groups in total. The van der Waals surface area contributed by atoms with Gasteiger partial charge in [-0.3, -0.25) is 0 Å². The molecule has 1 aromatic carbocycles. The highest BCUT2D eigenvalue weighted by molar-refractivity contribution is 7.89. The molecule has 0 aromatic heterocycles. The molecule has 0 fully saturated rings. The molecule has 0 aliphatic carbocycles. The van der Waals surface area contributed by atoms with Crippen LogP contribution in [0, 0.1) is 0 Å². The van der Waals surface area contributed by atoms with Gasteiger partial charge in [0, 0.05) is 12.1 Å². The van der Waals surface area contributed by atoms with Gasteiger partial charge in [0.05, 0.1) is 11.5 Å². The molecule has 0 bridgehead atoms. The zero-order valence-corrected chi connectivity index (χ0v) is 11.4. The van der Waals surface area contributed by atoms with Crippen LogP contribution in [0.15, 0.2) is 29.2 Å². The number of aliphatic hydroxyl groups excluding tert-OH is 1. The van der Waals surface area contributed by atoms with E-state index < -0.39 is 10.0 Å². The van der Waals surface area contributed by atoms with Gasteiger partial charge < -0.3 is 10.4 Å². The van der Waals surface area contributed by atoms with Gasteiger partial charge in [0.1, 0.15) is 0 Å². The molecule has 0 amide bonds. The van der Waals surface area contributed by atoms with Crippen LogP contribution in [0.5, 0.6) is 0 Å². The van der Waals surface area contributed by atoms with E-state index in [-0.39, 0.29) is 23.6 Å². The Morgan fingerprint density at radius 3 is 2.61 bits per heavy atom. The number of nitrogens with two attached hydrogens (primary N) is 1. The summed E-state index contributed by atoms with van der Waals surface area (Å²) in [5.41, 5.74) is 0.827. The summed E-state index contributed by atoms with van der Waals surface area (Å²) >= 11 is 0. The normalized spacial score (nSPS) is 15.3. The van der Waals surface area contributed by atoms with Gasteiger partial charge >= 0.3 is 0 Å². The Bertz CT molecular complexity index is 484.